The number of alkyl halides is 3. The first-order valence-corrected chi connectivity index (χ1v) is 8.14. The van der Waals surface area contributed by atoms with Gasteiger partial charge in [0.1, 0.15) is 11.5 Å². The second kappa shape index (κ2) is 7.10. The second-order valence-electron chi connectivity index (χ2n) is 6.27. The van der Waals surface area contributed by atoms with Gasteiger partial charge in [0.2, 0.25) is 5.91 Å². The molecule has 0 bridgehead atoms. The van der Waals surface area contributed by atoms with Gasteiger partial charge in [0.25, 0.3) is 0 Å². The van der Waals surface area contributed by atoms with Crippen LogP contribution in [0.1, 0.15) is 36.7 Å². The number of hydrogen-bond acceptors (Lipinski definition) is 4. The smallest absolute Gasteiger partial charge is 0.378 e. The highest BCUT2D eigenvalue weighted by molar-refractivity contribution is 5.77. The number of rotatable bonds is 3. The van der Waals surface area contributed by atoms with E-state index in [1.807, 2.05) is 0 Å². The number of hydrogen-bond donors (Lipinski definition) is 2. The zero-order valence-electron chi connectivity index (χ0n) is 13.2. The number of likely N-dealkylation sites (tertiary alicyclic amines) is 1. The number of carbonyl (C=O) groups is 1. The van der Waals surface area contributed by atoms with Crippen molar-refractivity contribution in [3.63, 3.8) is 0 Å². The van der Waals surface area contributed by atoms with Crippen LogP contribution in [0.5, 0.6) is 0 Å². The molecule has 2 fully saturated rings. The molecule has 2 aliphatic rings. The first-order chi connectivity index (χ1) is 11.4. The number of halogens is 3. The molecule has 134 valence electrons. The molecule has 0 saturated carbocycles. The lowest BCUT2D eigenvalue weighted by atomic mass is 9.95. The van der Waals surface area contributed by atoms with Gasteiger partial charge >= 0.3 is 6.18 Å². The third-order valence-electron chi connectivity index (χ3n) is 4.55. The Labute approximate surface area is 137 Å². The minimum absolute atomic E-state index is 0.0448. The number of ether oxygens (including phenoxy) is 1. The van der Waals surface area contributed by atoms with E-state index >= 15 is 0 Å². The van der Waals surface area contributed by atoms with Crippen LogP contribution in [0.3, 0.4) is 0 Å². The van der Waals surface area contributed by atoms with Crippen molar-refractivity contribution in [3.8, 4) is 0 Å². The first-order valence-electron chi connectivity index (χ1n) is 8.14. The Kier molecular flexibility index (Phi) is 5.09. The van der Waals surface area contributed by atoms with Gasteiger partial charge in [-0.2, -0.15) is 13.2 Å². The highest BCUT2D eigenvalue weighted by Crippen LogP contribution is 2.31. The van der Waals surface area contributed by atoms with Crippen LogP contribution >= 0.6 is 0 Å². The Hall–Kier alpha value is -1.61. The molecule has 9 heteroatoms. The summed E-state index contributed by atoms with van der Waals surface area (Å²) in [4.78, 5) is 20.3. The van der Waals surface area contributed by atoms with E-state index in [9.17, 15) is 18.0 Å². The molecule has 2 N–H and O–H groups in total. The molecule has 1 unspecified atom stereocenters. The summed E-state index contributed by atoms with van der Waals surface area (Å²) >= 11 is 0. The highest BCUT2D eigenvalue weighted by Gasteiger charge is 2.34. The first kappa shape index (κ1) is 17.2. The van der Waals surface area contributed by atoms with E-state index < -0.39 is 11.9 Å². The van der Waals surface area contributed by atoms with Crippen molar-refractivity contribution in [2.45, 2.75) is 37.4 Å². The van der Waals surface area contributed by atoms with E-state index in [-0.39, 0.29) is 17.9 Å². The van der Waals surface area contributed by atoms with Gasteiger partial charge < -0.3 is 19.9 Å². The summed E-state index contributed by atoms with van der Waals surface area (Å²) < 4.78 is 43.2. The van der Waals surface area contributed by atoms with Crippen LogP contribution in [0.2, 0.25) is 0 Å². The quantitative estimate of drug-likeness (QED) is 0.871. The average Bonchev–Trinajstić information content (AvgIpc) is 3.06. The molecule has 0 radical (unpaired) electrons. The molecule has 6 nitrogen and oxygen atoms in total. The van der Waals surface area contributed by atoms with E-state index in [0.29, 0.717) is 51.4 Å². The molecule has 1 amide bonds. The number of piperidine rings is 1. The molecule has 2 aliphatic heterocycles. The summed E-state index contributed by atoms with van der Waals surface area (Å²) in [5.41, 5.74) is -0.820. The third kappa shape index (κ3) is 4.07. The van der Waals surface area contributed by atoms with E-state index in [0.717, 1.165) is 12.7 Å². The van der Waals surface area contributed by atoms with Crippen molar-refractivity contribution in [3.05, 3.63) is 17.7 Å². The summed E-state index contributed by atoms with van der Waals surface area (Å²) in [6.45, 7) is 3.03. The minimum Gasteiger partial charge on any atom is -0.378 e. The number of amides is 1. The second-order valence-corrected chi connectivity index (χ2v) is 6.27. The zero-order valence-corrected chi connectivity index (χ0v) is 13.2. The summed E-state index contributed by atoms with van der Waals surface area (Å²) in [5.74, 6) is 0.352. The number of imidazole rings is 1. The Morgan fingerprint density at radius 1 is 1.38 bits per heavy atom. The topological polar surface area (TPSA) is 70.2 Å². The maximum absolute atomic E-state index is 12.6. The maximum atomic E-state index is 12.6. The maximum Gasteiger partial charge on any atom is 0.432 e. The number of aromatic nitrogens is 2. The average molecular weight is 346 g/mol. The van der Waals surface area contributed by atoms with Crippen LogP contribution in [0.4, 0.5) is 13.2 Å². The van der Waals surface area contributed by atoms with Crippen LogP contribution in [0.15, 0.2) is 6.20 Å². The summed E-state index contributed by atoms with van der Waals surface area (Å²) in [6.07, 6.45) is -1.95. The number of aromatic amines is 1. The Morgan fingerprint density at radius 3 is 2.71 bits per heavy atom. The van der Waals surface area contributed by atoms with Crippen LogP contribution in [-0.4, -0.2) is 59.7 Å². The van der Waals surface area contributed by atoms with Crippen LogP contribution in [0, 0.1) is 0 Å². The standard InChI is InChI=1S/C15H21F3N4O2/c16-15(17,18)12-8-20-14(21-12)10-1-4-22(5-2-10)13(23)7-11-9-24-6-3-19-11/h8,10-11,19H,1-7,9H2,(H,20,21). The highest BCUT2D eigenvalue weighted by atomic mass is 19.4. The number of nitrogens with zero attached hydrogens (tertiary/aromatic N) is 2. The van der Waals surface area contributed by atoms with Gasteiger partial charge in [-0.25, -0.2) is 4.98 Å². The fourth-order valence-electron chi connectivity index (χ4n) is 3.18. The number of carbonyl (C=O) groups excluding carboxylic acids is 1. The molecule has 0 aliphatic carbocycles. The van der Waals surface area contributed by atoms with Crippen LogP contribution in [-0.2, 0) is 15.7 Å². The van der Waals surface area contributed by atoms with E-state index in [4.69, 9.17) is 4.74 Å². The predicted octanol–water partition coefficient (Wildman–Crippen LogP) is 1.51. The zero-order chi connectivity index (χ0) is 17.2. The van der Waals surface area contributed by atoms with Crippen LogP contribution < -0.4 is 5.32 Å². The van der Waals surface area contributed by atoms with Crippen LogP contribution in [0.25, 0.3) is 0 Å². The van der Waals surface area contributed by atoms with Gasteiger partial charge in [0.05, 0.1) is 19.4 Å². The number of morpholine rings is 1. The van der Waals surface area contributed by atoms with Crippen molar-refractivity contribution in [2.75, 3.05) is 32.8 Å². The third-order valence-corrected chi connectivity index (χ3v) is 4.55. The number of nitrogens with one attached hydrogen (secondary N) is 2. The molecule has 3 rings (SSSR count). The molecule has 24 heavy (non-hydrogen) atoms. The Morgan fingerprint density at radius 2 is 2.12 bits per heavy atom. The number of H-pyrrole nitrogens is 1. The fraction of sp³-hybridized carbons (Fsp3) is 0.733. The monoisotopic (exact) mass is 346 g/mol. The predicted molar refractivity (Wildman–Crippen MR) is 79.4 cm³/mol. The lowest BCUT2D eigenvalue weighted by molar-refractivity contribution is -0.141. The molecule has 1 aromatic heterocycles. The lowest BCUT2D eigenvalue weighted by Gasteiger charge is -2.33. The van der Waals surface area contributed by atoms with Crippen molar-refractivity contribution in [1.82, 2.24) is 20.2 Å². The lowest BCUT2D eigenvalue weighted by Crippen LogP contribution is -2.46. The van der Waals surface area contributed by atoms with Gasteiger partial charge in [0.15, 0.2) is 0 Å². The summed E-state index contributed by atoms with van der Waals surface area (Å²) in [7, 11) is 0. The summed E-state index contributed by atoms with van der Waals surface area (Å²) in [6, 6.07) is 0.0448. The molecular formula is C15H21F3N4O2. The van der Waals surface area contributed by atoms with Gasteiger partial charge in [-0.1, -0.05) is 0 Å². The van der Waals surface area contributed by atoms with Gasteiger partial charge in [-0.3, -0.25) is 4.79 Å². The molecule has 3 heterocycles. The molecule has 1 atom stereocenters. The van der Waals surface area contributed by atoms with E-state index in [2.05, 4.69) is 15.3 Å². The molecule has 0 aromatic carbocycles. The van der Waals surface area contributed by atoms with Crippen molar-refractivity contribution in [2.24, 2.45) is 0 Å². The van der Waals surface area contributed by atoms with Crippen molar-refractivity contribution < 1.29 is 22.7 Å². The largest absolute Gasteiger partial charge is 0.432 e. The van der Waals surface area contributed by atoms with Gasteiger partial charge in [-0.05, 0) is 12.8 Å². The SMILES string of the molecule is O=C(CC1COCCN1)N1CCC(c2ncc(C(F)(F)F)[nH]2)CC1. The summed E-state index contributed by atoms with van der Waals surface area (Å²) in [5, 5.41) is 3.25. The van der Waals surface area contributed by atoms with E-state index in [1.165, 1.54) is 0 Å². The van der Waals surface area contributed by atoms with E-state index in [1.54, 1.807) is 4.90 Å². The van der Waals surface area contributed by atoms with Gasteiger partial charge in [0, 0.05) is 38.0 Å². The Bertz CT molecular complexity index is 561. The van der Waals surface area contributed by atoms with Crippen molar-refractivity contribution >= 4 is 5.91 Å². The molecule has 0 spiro atoms. The fourth-order valence-corrected chi connectivity index (χ4v) is 3.18. The van der Waals surface area contributed by atoms with Gasteiger partial charge in [-0.15, -0.1) is 0 Å². The Balaban J connectivity index is 1.50. The molecule has 2 saturated heterocycles. The minimum atomic E-state index is -4.41. The van der Waals surface area contributed by atoms with Crippen molar-refractivity contribution in [1.29, 1.82) is 0 Å². The molecular weight excluding hydrogens is 325 g/mol. The molecule has 1 aromatic rings. The normalized spacial score (nSPS) is 23.5.